The maximum Gasteiger partial charge on any atom is 0.306 e. The smallest absolute Gasteiger partial charge is 0.306 e. The quantitative estimate of drug-likeness (QED) is 0.142. The molecule has 0 saturated carbocycles. The fourth-order valence-electron chi connectivity index (χ4n) is 7.50. The molecule has 0 aliphatic heterocycles. The highest BCUT2D eigenvalue weighted by Gasteiger charge is 2.41. The molecule has 0 spiro atoms. The molecule has 0 atom stereocenters. The van der Waals surface area contributed by atoms with Gasteiger partial charge in [0, 0.05) is 12.4 Å². The van der Waals surface area contributed by atoms with E-state index in [0.29, 0.717) is 11.7 Å². The van der Waals surface area contributed by atoms with Gasteiger partial charge in [0.05, 0.1) is 22.1 Å². The molecule has 232 valence electrons. The summed E-state index contributed by atoms with van der Waals surface area (Å²) in [5.41, 5.74) is 8.46. The van der Waals surface area contributed by atoms with Gasteiger partial charge < -0.3 is 8.83 Å². The SMILES string of the molecule is c1ccc([Si](c2ccccc2)(c2cccc(-c3ccc4nc5occn5c4c3)c2)c2cccc(-c3ccc4nc5occn5c4c3)c2)cc1. The molecule has 0 unspecified atom stereocenters. The molecule has 10 rings (SSSR count). The molecule has 7 heteroatoms. The Hall–Kier alpha value is -6.44. The molecule has 0 bridgehead atoms. The molecule has 0 N–H and O–H groups in total. The predicted molar refractivity (Wildman–Crippen MR) is 198 cm³/mol. The van der Waals surface area contributed by atoms with Gasteiger partial charge >= 0.3 is 11.7 Å². The van der Waals surface area contributed by atoms with E-state index < -0.39 is 8.07 Å². The third kappa shape index (κ3) is 4.26. The highest BCUT2D eigenvalue weighted by molar-refractivity contribution is 7.20. The monoisotopic (exact) mass is 648 g/mol. The molecule has 6 nitrogen and oxygen atoms in total. The minimum atomic E-state index is -2.84. The number of hydrogen-bond acceptors (Lipinski definition) is 4. The highest BCUT2D eigenvalue weighted by atomic mass is 28.3. The Morgan fingerprint density at radius 1 is 0.408 bits per heavy atom. The highest BCUT2D eigenvalue weighted by Crippen LogP contribution is 2.28. The molecule has 0 aliphatic carbocycles. The van der Waals surface area contributed by atoms with Crippen molar-refractivity contribution in [2.45, 2.75) is 0 Å². The van der Waals surface area contributed by atoms with Crippen LogP contribution in [0.15, 0.2) is 179 Å². The van der Waals surface area contributed by atoms with Crippen LogP contribution in [0.25, 0.3) is 56.0 Å². The van der Waals surface area contributed by atoms with Crippen molar-refractivity contribution < 1.29 is 8.83 Å². The second-order valence-corrected chi connectivity index (χ2v) is 16.2. The third-order valence-electron chi connectivity index (χ3n) is 9.75. The number of nitrogens with zero attached hydrogens (tertiary/aromatic N) is 4. The van der Waals surface area contributed by atoms with Crippen molar-refractivity contribution in [3.05, 3.63) is 171 Å². The molecule has 0 amide bonds. The van der Waals surface area contributed by atoms with E-state index in [2.05, 4.69) is 156 Å². The number of aromatic nitrogens is 4. The Labute approximate surface area is 282 Å². The van der Waals surface area contributed by atoms with E-state index in [1.807, 2.05) is 21.2 Å². The van der Waals surface area contributed by atoms with Gasteiger partial charge in [0.25, 0.3) is 0 Å². The van der Waals surface area contributed by atoms with Gasteiger partial charge in [-0.05, 0) is 67.3 Å². The van der Waals surface area contributed by atoms with Crippen molar-refractivity contribution in [1.82, 2.24) is 18.8 Å². The van der Waals surface area contributed by atoms with E-state index in [4.69, 9.17) is 8.83 Å². The molecule has 4 aromatic heterocycles. The van der Waals surface area contributed by atoms with Gasteiger partial charge in [-0.1, -0.05) is 121 Å². The predicted octanol–water partition coefficient (Wildman–Crippen LogP) is 7.19. The second kappa shape index (κ2) is 10.8. The Balaban J connectivity index is 1.21. The summed E-state index contributed by atoms with van der Waals surface area (Å²) in [4.78, 5) is 9.28. The second-order valence-electron chi connectivity index (χ2n) is 12.4. The van der Waals surface area contributed by atoms with Crippen LogP contribution in [-0.4, -0.2) is 26.8 Å². The van der Waals surface area contributed by atoms with Crippen molar-refractivity contribution in [2.24, 2.45) is 0 Å². The van der Waals surface area contributed by atoms with Crippen LogP contribution in [-0.2, 0) is 0 Å². The Morgan fingerprint density at radius 2 is 0.837 bits per heavy atom. The summed E-state index contributed by atoms with van der Waals surface area (Å²) < 4.78 is 15.2. The van der Waals surface area contributed by atoms with E-state index in [9.17, 15) is 0 Å². The van der Waals surface area contributed by atoms with Gasteiger partial charge in [-0.15, -0.1) is 0 Å². The van der Waals surface area contributed by atoms with Gasteiger partial charge in [-0.2, -0.15) is 9.97 Å². The zero-order chi connectivity index (χ0) is 32.4. The molecule has 6 aromatic carbocycles. The summed E-state index contributed by atoms with van der Waals surface area (Å²) in [7, 11) is -2.84. The summed E-state index contributed by atoms with van der Waals surface area (Å²) in [6.45, 7) is 0. The zero-order valence-corrected chi connectivity index (χ0v) is 27.3. The van der Waals surface area contributed by atoms with Crippen molar-refractivity contribution in [3.8, 4) is 22.3 Å². The molecule has 4 heterocycles. The lowest BCUT2D eigenvalue weighted by atomic mass is 10.1. The Bertz CT molecular complexity index is 2600. The normalized spacial score (nSPS) is 12.1. The molecule has 0 aliphatic rings. The first-order valence-electron chi connectivity index (χ1n) is 16.3. The van der Waals surface area contributed by atoms with E-state index in [-0.39, 0.29) is 0 Å². The summed E-state index contributed by atoms with van der Waals surface area (Å²) in [6, 6.07) is 53.3. The maximum absolute atomic E-state index is 5.58. The molecule has 0 radical (unpaired) electrons. The average Bonchev–Trinajstić information content (AvgIpc) is 3.95. The zero-order valence-electron chi connectivity index (χ0n) is 26.3. The van der Waals surface area contributed by atoms with Crippen molar-refractivity contribution >= 4 is 62.6 Å². The van der Waals surface area contributed by atoms with E-state index in [1.54, 1.807) is 12.5 Å². The molecule has 49 heavy (non-hydrogen) atoms. The first-order valence-corrected chi connectivity index (χ1v) is 18.3. The van der Waals surface area contributed by atoms with Crippen molar-refractivity contribution in [2.75, 3.05) is 0 Å². The fourth-order valence-corrected chi connectivity index (χ4v) is 12.3. The Morgan fingerprint density at radius 3 is 1.31 bits per heavy atom. The molecule has 0 saturated heterocycles. The maximum atomic E-state index is 5.58. The molecule has 0 fully saturated rings. The third-order valence-corrected chi connectivity index (χ3v) is 14.5. The van der Waals surface area contributed by atoms with E-state index in [1.165, 1.54) is 20.7 Å². The van der Waals surface area contributed by atoms with Gasteiger partial charge in [0.15, 0.2) is 8.07 Å². The van der Waals surface area contributed by atoms with E-state index in [0.717, 1.165) is 44.3 Å². The number of rotatable bonds is 6. The van der Waals surface area contributed by atoms with Gasteiger partial charge in [0.2, 0.25) is 0 Å². The fraction of sp³-hybridized carbons (Fsp3) is 0. The lowest BCUT2D eigenvalue weighted by Crippen LogP contribution is -2.74. The van der Waals surface area contributed by atoms with Crippen LogP contribution in [0.3, 0.4) is 0 Å². The molecular weight excluding hydrogens is 621 g/mol. The Kier molecular flexibility index (Phi) is 6.09. The lowest BCUT2D eigenvalue weighted by Gasteiger charge is -2.35. The molecule has 10 aromatic rings. The van der Waals surface area contributed by atoms with Gasteiger partial charge in [-0.3, -0.25) is 8.80 Å². The van der Waals surface area contributed by atoms with Gasteiger partial charge in [0.1, 0.15) is 12.5 Å². The van der Waals surface area contributed by atoms with Gasteiger partial charge in [-0.25, -0.2) is 0 Å². The van der Waals surface area contributed by atoms with Crippen LogP contribution in [0.4, 0.5) is 0 Å². The summed E-state index contributed by atoms with van der Waals surface area (Å²) in [5, 5.41) is 5.28. The van der Waals surface area contributed by atoms with Crippen LogP contribution < -0.4 is 20.7 Å². The summed E-state index contributed by atoms with van der Waals surface area (Å²) >= 11 is 0. The van der Waals surface area contributed by atoms with Crippen molar-refractivity contribution in [1.29, 1.82) is 0 Å². The largest absolute Gasteiger partial charge is 0.432 e. The van der Waals surface area contributed by atoms with Crippen LogP contribution in [0.5, 0.6) is 0 Å². The molecular formula is C42H28N4O2Si. The topological polar surface area (TPSA) is 60.9 Å². The first-order chi connectivity index (χ1) is 24.3. The van der Waals surface area contributed by atoms with Crippen molar-refractivity contribution in [3.63, 3.8) is 0 Å². The first kappa shape index (κ1) is 27.6. The van der Waals surface area contributed by atoms with E-state index >= 15 is 0 Å². The van der Waals surface area contributed by atoms with Crippen LogP contribution in [0.1, 0.15) is 0 Å². The lowest BCUT2D eigenvalue weighted by molar-refractivity contribution is 0.596. The average molecular weight is 649 g/mol. The number of benzene rings is 6. The minimum absolute atomic E-state index is 0.599. The van der Waals surface area contributed by atoms with Crippen LogP contribution in [0.2, 0.25) is 0 Å². The number of imidazole rings is 2. The summed E-state index contributed by atoms with van der Waals surface area (Å²) in [6.07, 6.45) is 7.19. The number of hydrogen-bond donors (Lipinski definition) is 0. The standard InChI is InChI=1S/C42H28N4O2Si/c1-3-11-33(12-4-1)49(34-13-5-2-6-14-34,35-15-7-9-29(25-35)31-17-19-37-39(27-31)45-21-23-47-41(45)43-37)36-16-8-10-30(26-36)32-18-20-38-40(28-32)46-22-24-48-42(46)44-38/h1-28H. The number of oxazole rings is 2. The summed E-state index contributed by atoms with van der Waals surface area (Å²) in [5.74, 6) is 1.20. The number of fused-ring (bicyclic) bond motifs is 6. The van der Waals surface area contributed by atoms with Crippen LogP contribution >= 0.6 is 0 Å². The van der Waals surface area contributed by atoms with Crippen LogP contribution in [0, 0.1) is 0 Å². The minimum Gasteiger partial charge on any atom is -0.432 e.